The zero-order chi connectivity index (χ0) is 27.5. The van der Waals surface area contributed by atoms with Gasteiger partial charge in [-0.1, -0.05) is 116 Å². The number of nitrogens with two attached hydrogens (primary N) is 1. The van der Waals surface area contributed by atoms with E-state index in [0.29, 0.717) is 12.1 Å². The summed E-state index contributed by atoms with van der Waals surface area (Å²) in [6, 6.07) is 29.0. The number of nitrogens with zero attached hydrogens (tertiary/aromatic N) is 1. The fraction of sp³-hybridized carbons (Fsp3) is 0.111. The van der Waals surface area contributed by atoms with Gasteiger partial charge in [0.05, 0.1) is 0 Å². The van der Waals surface area contributed by atoms with Crippen molar-refractivity contribution >= 4 is 11.4 Å². The fourth-order valence-electron chi connectivity index (χ4n) is 4.37. The molecule has 1 unspecified atom stereocenters. The maximum absolute atomic E-state index is 6.53. The first-order valence-corrected chi connectivity index (χ1v) is 13.1. The van der Waals surface area contributed by atoms with Crippen LogP contribution in [0.1, 0.15) is 17.5 Å². The molecular formula is C36H35N3. The highest BCUT2D eigenvalue weighted by molar-refractivity contribution is 5.60. The number of hydrogen-bond acceptors (Lipinski definition) is 3. The second-order valence-corrected chi connectivity index (χ2v) is 9.47. The van der Waals surface area contributed by atoms with Crippen LogP contribution in [-0.4, -0.2) is 6.17 Å². The molecule has 1 atom stereocenters. The van der Waals surface area contributed by atoms with Crippen LogP contribution < -0.4 is 16.0 Å². The molecule has 194 valence electrons. The average molecular weight is 510 g/mol. The van der Waals surface area contributed by atoms with E-state index in [2.05, 4.69) is 114 Å². The highest BCUT2D eigenvalue weighted by Crippen LogP contribution is 2.26. The van der Waals surface area contributed by atoms with Gasteiger partial charge in [0.2, 0.25) is 0 Å². The minimum absolute atomic E-state index is 0.496. The molecule has 3 heteroatoms. The lowest BCUT2D eigenvalue weighted by Gasteiger charge is -2.31. The first kappa shape index (κ1) is 27.3. The van der Waals surface area contributed by atoms with Crippen molar-refractivity contribution in [3.63, 3.8) is 0 Å². The molecule has 0 aliphatic heterocycles. The van der Waals surface area contributed by atoms with Gasteiger partial charge in [0.25, 0.3) is 0 Å². The van der Waals surface area contributed by atoms with Crippen molar-refractivity contribution in [1.29, 1.82) is 0 Å². The van der Waals surface area contributed by atoms with Crippen molar-refractivity contribution in [3.05, 3.63) is 168 Å². The van der Waals surface area contributed by atoms with Crippen molar-refractivity contribution in [2.75, 3.05) is 10.2 Å². The summed E-state index contributed by atoms with van der Waals surface area (Å²) < 4.78 is 0. The number of nitrogens with one attached hydrogen (secondary N) is 1. The van der Waals surface area contributed by atoms with Crippen LogP contribution in [0.3, 0.4) is 0 Å². The third-order valence-corrected chi connectivity index (χ3v) is 6.57. The van der Waals surface area contributed by atoms with Crippen LogP contribution in [-0.2, 0) is 13.0 Å². The summed E-state index contributed by atoms with van der Waals surface area (Å²) in [5.41, 5.74) is 14.8. The van der Waals surface area contributed by atoms with E-state index in [0.717, 1.165) is 41.1 Å². The standard InChI is InChI=1S/C36H35N3/c1-4-29(3)36(37)39(27-31-17-11-7-12-18-31)34-24-22-33(23-25-34)38-35-19-13-5-8-14-28(2)20-21-32(35)26-30-15-9-6-10-16-30/h1,5-18,20-25,36,38H,2-3,19,26-27,37H2/b13-5-,14-8-,21-20-,35-32-. The van der Waals surface area contributed by atoms with E-state index in [-0.39, 0.29) is 0 Å². The van der Waals surface area contributed by atoms with E-state index in [9.17, 15) is 0 Å². The molecule has 0 heterocycles. The fourth-order valence-corrected chi connectivity index (χ4v) is 4.37. The Morgan fingerprint density at radius 1 is 0.897 bits per heavy atom. The lowest BCUT2D eigenvalue weighted by molar-refractivity contribution is 0.693. The second kappa shape index (κ2) is 13.7. The summed E-state index contributed by atoms with van der Waals surface area (Å²) in [4.78, 5) is 2.08. The summed E-state index contributed by atoms with van der Waals surface area (Å²) in [5.74, 6) is 2.61. The van der Waals surface area contributed by atoms with Crippen LogP contribution in [0.25, 0.3) is 0 Å². The summed E-state index contributed by atoms with van der Waals surface area (Å²) in [6.07, 6.45) is 19.2. The quantitative estimate of drug-likeness (QED) is 0.229. The summed E-state index contributed by atoms with van der Waals surface area (Å²) in [7, 11) is 0. The van der Waals surface area contributed by atoms with Gasteiger partial charge in [0.1, 0.15) is 6.17 Å². The van der Waals surface area contributed by atoms with Crippen LogP contribution in [0, 0.1) is 12.3 Å². The average Bonchev–Trinajstić information content (AvgIpc) is 2.98. The maximum atomic E-state index is 6.53. The number of allylic oxidation sites excluding steroid dienone is 8. The minimum atomic E-state index is -0.496. The van der Waals surface area contributed by atoms with Crippen LogP contribution in [0.5, 0.6) is 0 Å². The number of benzene rings is 3. The summed E-state index contributed by atoms with van der Waals surface area (Å²) in [5, 5.41) is 3.68. The molecule has 3 N–H and O–H groups in total. The first-order valence-electron chi connectivity index (χ1n) is 13.1. The maximum Gasteiger partial charge on any atom is 0.111 e. The lowest BCUT2D eigenvalue weighted by atomic mass is 9.99. The molecule has 3 aromatic carbocycles. The van der Waals surface area contributed by atoms with Gasteiger partial charge in [0.15, 0.2) is 0 Å². The van der Waals surface area contributed by atoms with E-state index in [4.69, 9.17) is 12.2 Å². The van der Waals surface area contributed by atoms with Crippen LogP contribution in [0.4, 0.5) is 11.4 Å². The monoisotopic (exact) mass is 509 g/mol. The highest BCUT2D eigenvalue weighted by atomic mass is 15.2. The summed E-state index contributed by atoms with van der Waals surface area (Å²) >= 11 is 0. The van der Waals surface area contributed by atoms with Gasteiger partial charge in [-0.2, -0.15) is 0 Å². The van der Waals surface area contributed by atoms with Gasteiger partial charge in [-0.15, -0.1) is 6.42 Å². The van der Waals surface area contributed by atoms with Gasteiger partial charge in [-0.3, -0.25) is 0 Å². The van der Waals surface area contributed by atoms with E-state index >= 15 is 0 Å². The normalized spacial score (nSPS) is 18.3. The molecule has 1 aliphatic carbocycles. The Morgan fingerprint density at radius 2 is 1.56 bits per heavy atom. The van der Waals surface area contributed by atoms with Crippen LogP contribution in [0.2, 0.25) is 0 Å². The molecule has 3 aromatic rings. The molecule has 4 rings (SSSR count). The lowest BCUT2D eigenvalue weighted by Crippen LogP contribution is -2.42. The molecule has 0 saturated carbocycles. The molecule has 1 aliphatic rings. The molecule has 3 nitrogen and oxygen atoms in total. The van der Waals surface area contributed by atoms with Crippen molar-refractivity contribution in [1.82, 2.24) is 0 Å². The molecule has 0 fully saturated rings. The van der Waals surface area contributed by atoms with E-state index in [1.807, 2.05) is 36.4 Å². The minimum Gasteiger partial charge on any atom is -0.358 e. The number of terminal acetylenes is 1. The Morgan fingerprint density at radius 3 is 2.23 bits per heavy atom. The Hall–Kier alpha value is -4.78. The van der Waals surface area contributed by atoms with Gasteiger partial charge in [0, 0.05) is 35.6 Å². The predicted molar refractivity (Wildman–Crippen MR) is 167 cm³/mol. The largest absolute Gasteiger partial charge is 0.358 e. The van der Waals surface area contributed by atoms with Crippen molar-refractivity contribution < 1.29 is 0 Å². The number of anilines is 2. The van der Waals surface area contributed by atoms with Crippen LogP contribution >= 0.6 is 0 Å². The summed E-state index contributed by atoms with van der Waals surface area (Å²) in [6.45, 7) is 8.75. The van der Waals surface area contributed by atoms with Gasteiger partial charge >= 0.3 is 0 Å². The molecule has 0 aromatic heterocycles. The molecule has 0 radical (unpaired) electrons. The number of rotatable bonds is 9. The third-order valence-electron chi connectivity index (χ3n) is 6.57. The van der Waals surface area contributed by atoms with Crippen molar-refractivity contribution in [2.24, 2.45) is 5.73 Å². The van der Waals surface area contributed by atoms with E-state index in [1.54, 1.807) is 0 Å². The molecule has 0 amide bonds. The molecule has 0 spiro atoms. The molecule has 0 bridgehead atoms. The topological polar surface area (TPSA) is 41.3 Å². The zero-order valence-corrected chi connectivity index (χ0v) is 22.3. The van der Waals surface area contributed by atoms with Gasteiger partial charge in [-0.25, -0.2) is 0 Å². The van der Waals surface area contributed by atoms with Gasteiger partial charge in [-0.05, 0) is 53.0 Å². The molecule has 0 saturated heterocycles. The Balaban J connectivity index is 1.63. The predicted octanol–water partition coefficient (Wildman–Crippen LogP) is 7.70. The molecular weight excluding hydrogens is 474 g/mol. The van der Waals surface area contributed by atoms with E-state index < -0.39 is 6.17 Å². The first-order chi connectivity index (χ1) is 19.0. The SMILES string of the molecule is C#CC(=C)C(N)N(Cc1ccccc1)c1ccc(N/C2=C(Cc3ccccc3)/C=C\C(=C)/C=C\C=C/C2)cc1. The number of hydrogen-bond donors (Lipinski definition) is 2. The highest BCUT2D eigenvalue weighted by Gasteiger charge is 2.18. The van der Waals surface area contributed by atoms with Crippen molar-refractivity contribution in [2.45, 2.75) is 25.6 Å². The van der Waals surface area contributed by atoms with Crippen LogP contribution in [0.15, 0.2) is 157 Å². The third kappa shape index (κ3) is 7.85. The molecule has 39 heavy (non-hydrogen) atoms. The Kier molecular flexibility index (Phi) is 9.56. The zero-order valence-electron chi connectivity index (χ0n) is 22.3. The Labute approximate surface area is 233 Å². The van der Waals surface area contributed by atoms with E-state index in [1.165, 1.54) is 11.1 Å². The Bertz CT molecular complexity index is 1430. The van der Waals surface area contributed by atoms with Gasteiger partial charge < -0.3 is 16.0 Å². The smallest absolute Gasteiger partial charge is 0.111 e. The second-order valence-electron chi connectivity index (χ2n) is 9.47. The van der Waals surface area contributed by atoms with Crippen molar-refractivity contribution in [3.8, 4) is 12.3 Å².